The highest BCUT2D eigenvalue weighted by molar-refractivity contribution is 8.24. The van der Waals surface area contributed by atoms with Gasteiger partial charge < -0.3 is 14.2 Å². The first kappa shape index (κ1) is 33.0. The number of hydrogen-bond donors (Lipinski definition) is 0. The largest absolute Gasteiger partial charge is 0.453 e. The zero-order valence-electron chi connectivity index (χ0n) is 25.2. The molecule has 9 heteroatoms. The summed E-state index contributed by atoms with van der Waals surface area (Å²) in [4.78, 5) is 40.6. The Morgan fingerprint density at radius 1 is 0.512 bits per heavy atom. The van der Waals surface area contributed by atoms with Gasteiger partial charge in [-0.15, -0.1) is 35.3 Å². The molecule has 1 saturated heterocycles. The van der Waals surface area contributed by atoms with E-state index >= 15 is 0 Å². The Kier molecular flexibility index (Phi) is 11.0. The SMILES string of the molecule is CC(C)(C)S[C@H]1S[C@H](SC(C)(C)C)[C@@H](OC(=O)c2ccccc2)C(OC(=O)c2ccccc2)[C@H]1OC(=O)c1ccccc1. The van der Waals surface area contributed by atoms with Gasteiger partial charge in [0.1, 0.15) is 0 Å². The van der Waals surface area contributed by atoms with Crippen molar-refractivity contribution in [2.24, 2.45) is 0 Å². The van der Waals surface area contributed by atoms with E-state index in [2.05, 4.69) is 41.5 Å². The molecule has 1 aliphatic rings. The Morgan fingerprint density at radius 2 is 0.791 bits per heavy atom. The Balaban J connectivity index is 1.80. The second kappa shape index (κ2) is 14.3. The van der Waals surface area contributed by atoms with Crippen LogP contribution in [-0.2, 0) is 14.2 Å². The fraction of sp³-hybridized carbons (Fsp3) is 0.382. The average Bonchev–Trinajstić information content (AvgIpc) is 2.96. The van der Waals surface area contributed by atoms with Gasteiger partial charge in [-0.25, -0.2) is 14.4 Å². The van der Waals surface area contributed by atoms with Crippen molar-refractivity contribution in [3.63, 3.8) is 0 Å². The van der Waals surface area contributed by atoms with E-state index in [1.807, 2.05) is 18.2 Å². The van der Waals surface area contributed by atoms with Crippen LogP contribution in [0.5, 0.6) is 0 Å². The molecule has 4 rings (SSSR count). The fourth-order valence-electron chi connectivity index (χ4n) is 4.35. The molecule has 1 fully saturated rings. The molecule has 5 atom stereocenters. The molecule has 228 valence electrons. The van der Waals surface area contributed by atoms with Crippen LogP contribution in [0.2, 0.25) is 0 Å². The van der Waals surface area contributed by atoms with Crippen LogP contribution in [0.25, 0.3) is 0 Å². The summed E-state index contributed by atoms with van der Waals surface area (Å²) in [5.74, 6) is -1.67. The van der Waals surface area contributed by atoms with Crippen molar-refractivity contribution in [3.8, 4) is 0 Å². The zero-order valence-corrected chi connectivity index (χ0v) is 27.7. The van der Waals surface area contributed by atoms with Crippen molar-refractivity contribution < 1.29 is 28.6 Å². The predicted molar refractivity (Wildman–Crippen MR) is 177 cm³/mol. The van der Waals surface area contributed by atoms with Crippen molar-refractivity contribution >= 4 is 53.2 Å². The third kappa shape index (κ3) is 9.55. The van der Waals surface area contributed by atoms with Crippen LogP contribution < -0.4 is 0 Å². The molecule has 1 unspecified atom stereocenters. The third-order valence-electron chi connectivity index (χ3n) is 6.15. The maximum absolute atomic E-state index is 13.6. The summed E-state index contributed by atoms with van der Waals surface area (Å²) in [6.45, 7) is 12.5. The number of rotatable bonds is 8. The lowest BCUT2D eigenvalue weighted by molar-refractivity contribution is -0.0823. The van der Waals surface area contributed by atoms with Crippen LogP contribution in [0.1, 0.15) is 72.6 Å². The van der Waals surface area contributed by atoms with Gasteiger partial charge in [0.25, 0.3) is 0 Å². The normalized spacial score (nSPS) is 22.3. The average molecular weight is 639 g/mol. The summed E-state index contributed by atoms with van der Waals surface area (Å²) in [6, 6.07) is 26.1. The summed E-state index contributed by atoms with van der Waals surface area (Å²) in [7, 11) is 0. The van der Waals surface area contributed by atoms with E-state index in [1.165, 1.54) is 0 Å². The zero-order chi connectivity index (χ0) is 31.2. The highest BCUT2D eigenvalue weighted by atomic mass is 32.2. The number of carbonyl (C=O) groups excluding carboxylic acids is 3. The van der Waals surface area contributed by atoms with Crippen LogP contribution in [0.3, 0.4) is 0 Å². The summed E-state index contributed by atoms with van der Waals surface area (Å²) < 4.78 is 17.6. The van der Waals surface area contributed by atoms with Crippen LogP contribution in [0.15, 0.2) is 91.0 Å². The lowest BCUT2D eigenvalue weighted by Crippen LogP contribution is -2.57. The van der Waals surface area contributed by atoms with Gasteiger partial charge in [-0.2, -0.15) is 0 Å². The van der Waals surface area contributed by atoms with Gasteiger partial charge in [-0.05, 0) is 36.4 Å². The van der Waals surface area contributed by atoms with E-state index in [0.717, 1.165) is 0 Å². The van der Waals surface area contributed by atoms with Crippen molar-refractivity contribution in [3.05, 3.63) is 108 Å². The standard InChI is InChI=1S/C34H38O6S3/c1-33(2,3)42-31-26(39-29(36)23-18-12-8-13-19-23)25(38-28(35)22-16-10-7-11-17-22)27(32(41-31)43-34(4,5)6)40-30(37)24-20-14-9-15-21-24/h7-21,25-27,31-32H,1-6H3/t25?,26-,27+,31-,32-/m1/s1. The van der Waals surface area contributed by atoms with Gasteiger partial charge >= 0.3 is 17.9 Å². The fourth-order valence-corrected chi connectivity index (χ4v) is 10.5. The first-order valence-electron chi connectivity index (χ1n) is 14.1. The van der Waals surface area contributed by atoms with Gasteiger partial charge in [0, 0.05) is 9.49 Å². The number of ether oxygens (including phenoxy) is 3. The second-order valence-electron chi connectivity index (χ2n) is 12.0. The Labute approximate surface area is 267 Å². The predicted octanol–water partition coefficient (Wildman–Crippen LogP) is 8.13. The van der Waals surface area contributed by atoms with Gasteiger partial charge in [0.2, 0.25) is 0 Å². The van der Waals surface area contributed by atoms with Crippen molar-refractivity contribution in [1.82, 2.24) is 0 Å². The maximum atomic E-state index is 13.6. The molecule has 0 aliphatic carbocycles. The number of esters is 3. The van der Waals surface area contributed by atoms with Gasteiger partial charge in [0.05, 0.1) is 25.9 Å². The summed E-state index contributed by atoms with van der Waals surface area (Å²) in [6.07, 6.45) is -2.91. The lowest BCUT2D eigenvalue weighted by atomic mass is 10.1. The minimum Gasteiger partial charge on any atom is -0.453 e. The molecule has 0 aromatic heterocycles. The monoisotopic (exact) mass is 638 g/mol. The minimum absolute atomic E-state index is 0.215. The summed E-state index contributed by atoms with van der Waals surface area (Å²) in [5.41, 5.74) is 1.11. The Hall–Kier alpha value is -2.88. The Morgan fingerprint density at radius 3 is 1.07 bits per heavy atom. The number of thioether (sulfide) groups is 3. The number of hydrogen-bond acceptors (Lipinski definition) is 9. The second-order valence-corrected chi connectivity index (χ2v) is 17.9. The van der Waals surface area contributed by atoms with Crippen LogP contribution in [0, 0.1) is 0 Å². The van der Waals surface area contributed by atoms with E-state index < -0.39 is 36.2 Å². The molecule has 0 saturated carbocycles. The lowest BCUT2D eigenvalue weighted by Gasteiger charge is -2.46. The van der Waals surface area contributed by atoms with E-state index in [0.29, 0.717) is 16.7 Å². The first-order valence-corrected chi connectivity index (χ1v) is 16.8. The van der Waals surface area contributed by atoms with E-state index in [4.69, 9.17) is 14.2 Å². The molecule has 0 radical (unpaired) electrons. The summed E-state index contributed by atoms with van der Waals surface area (Å²) >= 11 is 4.86. The van der Waals surface area contributed by atoms with Crippen LogP contribution in [0.4, 0.5) is 0 Å². The molecule has 0 bridgehead atoms. The molecule has 1 aliphatic heterocycles. The third-order valence-corrected chi connectivity index (χ3v) is 10.9. The van der Waals surface area contributed by atoms with Gasteiger partial charge in [-0.3, -0.25) is 0 Å². The molecule has 0 spiro atoms. The summed E-state index contributed by atoms with van der Waals surface area (Å²) in [5, 5.41) is 0. The topological polar surface area (TPSA) is 78.9 Å². The molecule has 3 aromatic carbocycles. The highest BCUT2D eigenvalue weighted by Crippen LogP contribution is 2.52. The first-order chi connectivity index (χ1) is 20.3. The van der Waals surface area contributed by atoms with Crippen LogP contribution in [-0.4, -0.2) is 54.9 Å². The molecule has 0 amide bonds. The highest BCUT2D eigenvalue weighted by Gasteiger charge is 2.54. The molecule has 43 heavy (non-hydrogen) atoms. The minimum atomic E-state index is -1.08. The Bertz CT molecular complexity index is 1290. The maximum Gasteiger partial charge on any atom is 0.338 e. The molecule has 3 aromatic rings. The number of carbonyl (C=O) groups is 3. The number of benzene rings is 3. The van der Waals surface area contributed by atoms with E-state index in [1.54, 1.807) is 108 Å². The molecular weight excluding hydrogens is 601 g/mol. The quantitative estimate of drug-likeness (QED) is 0.180. The van der Waals surface area contributed by atoms with Crippen molar-refractivity contribution in [1.29, 1.82) is 0 Å². The molecular formula is C34H38O6S3. The van der Waals surface area contributed by atoms with Crippen LogP contribution >= 0.6 is 35.3 Å². The molecule has 1 heterocycles. The van der Waals surface area contributed by atoms with Gasteiger partial charge in [-0.1, -0.05) is 96.1 Å². The molecule has 6 nitrogen and oxygen atoms in total. The van der Waals surface area contributed by atoms with Crippen molar-refractivity contribution in [2.45, 2.75) is 78.5 Å². The van der Waals surface area contributed by atoms with Gasteiger partial charge in [0.15, 0.2) is 18.3 Å². The smallest absolute Gasteiger partial charge is 0.338 e. The van der Waals surface area contributed by atoms with E-state index in [-0.39, 0.29) is 18.7 Å². The molecule has 0 N–H and O–H groups in total. The van der Waals surface area contributed by atoms with Crippen molar-refractivity contribution in [2.75, 3.05) is 0 Å². The van der Waals surface area contributed by atoms with E-state index in [9.17, 15) is 14.4 Å².